The number of ether oxygens (including phenoxy) is 1. The highest BCUT2D eigenvalue weighted by Crippen LogP contribution is 2.27. The van der Waals surface area contributed by atoms with Crippen molar-refractivity contribution in [1.29, 1.82) is 0 Å². The van der Waals surface area contributed by atoms with Gasteiger partial charge in [-0.1, -0.05) is 0 Å². The van der Waals surface area contributed by atoms with Gasteiger partial charge in [-0.2, -0.15) is 0 Å². The fourth-order valence-corrected chi connectivity index (χ4v) is 2.36. The third kappa shape index (κ3) is 1.76. The molecule has 1 aromatic carbocycles. The van der Waals surface area contributed by atoms with E-state index in [1.807, 2.05) is 24.3 Å². The molecule has 0 amide bonds. The van der Waals surface area contributed by atoms with E-state index >= 15 is 0 Å². The van der Waals surface area contributed by atoms with E-state index in [0.717, 1.165) is 42.3 Å². The average Bonchev–Trinajstić information content (AvgIpc) is 2.84. The molecule has 0 spiro atoms. The van der Waals surface area contributed by atoms with Crippen LogP contribution < -0.4 is 10.5 Å². The van der Waals surface area contributed by atoms with Gasteiger partial charge in [-0.15, -0.1) is 10.2 Å². The van der Waals surface area contributed by atoms with Gasteiger partial charge in [-0.3, -0.25) is 0 Å². The van der Waals surface area contributed by atoms with Crippen molar-refractivity contribution in [3.05, 3.63) is 30.1 Å². The monoisotopic (exact) mass is 244 g/mol. The molecule has 2 heterocycles. The Morgan fingerprint density at radius 1 is 1.28 bits per heavy atom. The maximum Gasteiger partial charge on any atom is 0.164 e. The summed E-state index contributed by atoms with van der Waals surface area (Å²) in [5.74, 6) is 2.63. The van der Waals surface area contributed by atoms with Gasteiger partial charge < -0.3 is 15.0 Å². The lowest BCUT2D eigenvalue weighted by molar-refractivity contribution is 0.415. The van der Waals surface area contributed by atoms with Crippen molar-refractivity contribution < 1.29 is 4.74 Å². The Labute approximate surface area is 106 Å². The lowest BCUT2D eigenvalue weighted by Gasteiger charge is -2.20. The summed E-state index contributed by atoms with van der Waals surface area (Å²) in [6, 6.07) is 7.87. The van der Waals surface area contributed by atoms with Crippen LogP contribution in [-0.4, -0.2) is 21.9 Å². The van der Waals surface area contributed by atoms with E-state index in [1.54, 1.807) is 7.11 Å². The molecule has 94 valence electrons. The summed E-state index contributed by atoms with van der Waals surface area (Å²) < 4.78 is 7.27. The first-order valence-electron chi connectivity index (χ1n) is 6.12. The van der Waals surface area contributed by atoms with Gasteiger partial charge in [0.1, 0.15) is 11.6 Å². The highest BCUT2D eigenvalue weighted by Gasteiger charge is 2.22. The fourth-order valence-electron chi connectivity index (χ4n) is 2.36. The Bertz CT molecular complexity index is 547. The van der Waals surface area contributed by atoms with Gasteiger partial charge in [-0.05, 0) is 37.1 Å². The van der Waals surface area contributed by atoms with E-state index in [0.29, 0.717) is 0 Å². The molecule has 0 aliphatic carbocycles. The summed E-state index contributed by atoms with van der Waals surface area (Å²) in [7, 11) is 1.66. The number of fused-ring (bicyclic) bond motifs is 1. The molecule has 0 saturated heterocycles. The highest BCUT2D eigenvalue weighted by atomic mass is 16.5. The normalized spacial score (nSPS) is 18.4. The quantitative estimate of drug-likeness (QED) is 0.874. The first-order valence-corrected chi connectivity index (χ1v) is 6.12. The van der Waals surface area contributed by atoms with Crippen LogP contribution in [-0.2, 0) is 6.54 Å². The Morgan fingerprint density at radius 2 is 2.06 bits per heavy atom. The van der Waals surface area contributed by atoms with Crippen LogP contribution in [0.2, 0.25) is 0 Å². The third-order valence-corrected chi connectivity index (χ3v) is 3.36. The molecule has 0 saturated carbocycles. The molecule has 18 heavy (non-hydrogen) atoms. The second kappa shape index (κ2) is 4.42. The number of benzene rings is 1. The van der Waals surface area contributed by atoms with Crippen LogP contribution in [0.15, 0.2) is 24.3 Å². The lowest BCUT2D eigenvalue weighted by atomic mass is 10.1. The molecular weight excluding hydrogens is 228 g/mol. The second-order valence-electron chi connectivity index (χ2n) is 4.51. The van der Waals surface area contributed by atoms with Crippen molar-refractivity contribution >= 4 is 0 Å². The molecule has 1 aliphatic heterocycles. The predicted octanol–water partition coefficient (Wildman–Crippen LogP) is 1.75. The largest absolute Gasteiger partial charge is 0.497 e. The average molecular weight is 244 g/mol. The zero-order valence-electron chi connectivity index (χ0n) is 10.3. The molecule has 0 radical (unpaired) electrons. The zero-order valence-corrected chi connectivity index (χ0v) is 10.3. The van der Waals surface area contributed by atoms with Crippen LogP contribution in [0.3, 0.4) is 0 Å². The Kier molecular flexibility index (Phi) is 2.76. The molecule has 1 aliphatic rings. The van der Waals surface area contributed by atoms with Crippen molar-refractivity contribution in [2.45, 2.75) is 25.4 Å². The van der Waals surface area contributed by atoms with E-state index < -0.39 is 0 Å². The van der Waals surface area contributed by atoms with E-state index in [9.17, 15) is 0 Å². The Morgan fingerprint density at radius 3 is 2.78 bits per heavy atom. The first-order chi connectivity index (χ1) is 8.79. The van der Waals surface area contributed by atoms with Crippen LogP contribution in [0.5, 0.6) is 5.75 Å². The van der Waals surface area contributed by atoms with Crippen LogP contribution in [0, 0.1) is 0 Å². The van der Waals surface area contributed by atoms with E-state index in [-0.39, 0.29) is 6.04 Å². The third-order valence-electron chi connectivity index (χ3n) is 3.36. The number of nitrogens with zero attached hydrogens (tertiary/aromatic N) is 3. The minimum Gasteiger partial charge on any atom is -0.497 e. The Balaban J connectivity index is 2.01. The number of methoxy groups -OCH3 is 1. The standard InChI is InChI=1S/C13H16N4O/c1-18-10-6-4-9(5-7-10)12-15-16-13-11(14)3-2-8-17(12)13/h4-7,11H,2-3,8,14H2,1H3. The predicted molar refractivity (Wildman–Crippen MR) is 68.2 cm³/mol. The van der Waals surface area contributed by atoms with Gasteiger partial charge in [0.15, 0.2) is 5.82 Å². The SMILES string of the molecule is COc1ccc(-c2nnc3n2CCCC3N)cc1. The van der Waals surface area contributed by atoms with Gasteiger partial charge in [0.05, 0.1) is 13.2 Å². The molecule has 0 fully saturated rings. The summed E-state index contributed by atoms with van der Waals surface area (Å²) in [5, 5.41) is 8.48. The molecule has 5 heteroatoms. The number of hydrogen-bond acceptors (Lipinski definition) is 4. The summed E-state index contributed by atoms with van der Waals surface area (Å²) in [6.07, 6.45) is 2.07. The topological polar surface area (TPSA) is 66.0 Å². The van der Waals surface area contributed by atoms with Crippen LogP contribution in [0.4, 0.5) is 0 Å². The molecule has 1 atom stereocenters. The minimum atomic E-state index is 0.0123. The lowest BCUT2D eigenvalue weighted by Crippen LogP contribution is -2.22. The fraction of sp³-hybridized carbons (Fsp3) is 0.385. The van der Waals surface area contributed by atoms with Gasteiger partial charge in [-0.25, -0.2) is 0 Å². The molecule has 2 N–H and O–H groups in total. The number of aromatic nitrogens is 3. The maximum atomic E-state index is 6.04. The van der Waals surface area contributed by atoms with Crippen LogP contribution in [0.1, 0.15) is 24.7 Å². The van der Waals surface area contributed by atoms with E-state index in [1.165, 1.54) is 0 Å². The summed E-state index contributed by atoms with van der Waals surface area (Å²) in [6.45, 7) is 0.942. The van der Waals surface area contributed by atoms with Gasteiger partial charge in [0, 0.05) is 12.1 Å². The molecule has 3 rings (SSSR count). The first kappa shape index (κ1) is 11.2. The van der Waals surface area contributed by atoms with Crippen molar-refractivity contribution in [3.63, 3.8) is 0 Å². The second-order valence-corrected chi connectivity index (χ2v) is 4.51. The summed E-state index contributed by atoms with van der Waals surface area (Å²) in [4.78, 5) is 0. The van der Waals surface area contributed by atoms with Gasteiger partial charge in [0.2, 0.25) is 0 Å². The van der Waals surface area contributed by atoms with E-state index in [2.05, 4.69) is 14.8 Å². The van der Waals surface area contributed by atoms with Crippen molar-refractivity contribution in [2.24, 2.45) is 5.73 Å². The Hall–Kier alpha value is -1.88. The zero-order chi connectivity index (χ0) is 12.5. The molecule has 5 nitrogen and oxygen atoms in total. The molecule has 0 bridgehead atoms. The van der Waals surface area contributed by atoms with Crippen LogP contribution in [0.25, 0.3) is 11.4 Å². The summed E-state index contributed by atoms with van der Waals surface area (Å²) in [5.41, 5.74) is 7.09. The maximum absolute atomic E-state index is 6.04. The molecule has 1 unspecified atom stereocenters. The van der Waals surface area contributed by atoms with Crippen molar-refractivity contribution in [3.8, 4) is 17.1 Å². The highest BCUT2D eigenvalue weighted by molar-refractivity contribution is 5.56. The molecule has 1 aromatic heterocycles. The van der Waals surface area contributed by atoms with Crippen LogP contribution >= 0.6 is 0 Å². The molecular formula is C13H16N4O. The van der Waals surface area contributed by atoms with Crippen molar-refractivity contribution in [1.82, 2.24) is 14.8 Å². The number of hydrogen-bond donors (Lipinski definition) is 1. The van der Waals surface area contributed by atoms with Gasteiger partial charge in [0.25, 0.3) is 0 Å². The minimum absolute atomic E-state index is 0.0123. The molecule has 2 aromatic rings. The van der Waals surface area contributed by atoms with Gasteiger partial charge >= 0.3 is 0 Å². The summed E-state index contributed by atoms with van der Waals surface area (Å²) >= 11 is 0. The van der Waals surface area contributed by atoms with E-state index in [4.69, 9.17) is 10.5 Å². The van der Waals surface area contributed by atoms with Crippen molar-refractivity contribution in [2.75, 3.05) is 7.11 Å². The number of nitrogens with two attached hydrogens (primary N) is 1. The number of rotatable bonds is 2. The smallest absolute Gasteiger partial charge is 0.164 e.